The van der Waals surface area contributed by atoms with Crippen molar-refractivity contribution < 1.29 is 8.78 Å². The smallest absolute Gasteiger partial charge is 0.229 e. The first-order chi connectivity index (χ1) is 15.4. The summed E-state index contributed by atoms with van der Waals surface area (Å²) in [5, 5.41) is 10.5. The van der Waals surface area contributed by atoms with E-state index >= 15 is 0 Å². The van der Waals surface area contributed by atoms with Crippen molar-refractivity contribution >= 4 is 17.5 Å². The predicted octanol–water partition coefficient (Wildman–Crippen LogP) is 4.96. The molecule has 9 heteroatoms. The zero-order chi connectivity index (χ0) is 24.0. The van der Waals surface area contributed by atoms with E-state index in [9.17, 15) is 8.78 Å². The van der Waals surface area contributed by atoms with Gasteiger partial charge < -0.3 is 10.6 Å². The maximum Gasteiger partial charge on any atom is 0.229 e. The highest BCUT2D eigenvalue weighted by Gasteiger charge is 2.43. The van der Waals surface area contributed by atoms with E-state index in [2.05, 4.69) is 65.3 Å². The molecule has 33 heavy (non-hydrogen) atoms. The number of anilines is 3. The first-order valence-electron chi connectivity index (χ1n) is 11.0. The van der Waals surface area contributed by atoms with Gasteiger partial charge in [0, 0.05) is 47.2 Å². The van der Waals surface area contributed by atoms with Crippen LogP contribution in [0.2, 0.25) is 0 Å². The number of aromatic nitrogens is 4. The number of piperidine rings is 1. The molecule has 176 valence electrons. The van der Waals surface area contributed by atoms with Gasteiger partial charge in [0.15, 0.2) is 11.6 Å². The van der Waals surface area contributed by atoms with E-state index in [1.165, 1.54) is 6.07 Å². The molecule has 0 aliphatic carbocycles. The van der Waals surface area contributed by atoms with Crippen molar-refractivity contribution in [2.75, 3.05) is 17.7 Å². The maximum atomic E-state index is 14.6. The Morgan fingerprint density at radius 2 is 1.70 bits per heavy atom. The average molecular weight is 456 g/mol. The highest BCUT2D eigenvalue weighted by atomic mass is 19.1. The lowest BCUT2D eigenvalue weighted by Crippen LogP contribution is -2.61. The molecule has 0 atom stereocenters. The van der Waals surface area contributed by atoms with Crippen molar-refractivity contribution in [2.24, 2.45) is 7.05 Å². The minimum absolute atomic E-state index is 0.0409. The molecule has 0 amide bonds. The summed E-state index contributed by atoms with van der Waals surface area (Å²) in [7, 11) is 3.91. The molecule has 1 aliphatic heterocycles. The van der Waals surface area contributed by atoms with E-state index < -0.39 is 5.82 Å². The summed E-state index contributed by atoms with van der Waals surface area (Å²) in [5.41, 5.74) is 1.58. The molecule has 1 aromatic carbocycles. The van der Waals surface area contributed by atoms with Crippen LogP contribution < -0.4 is 10.6 Å². The third kappa shape index (κ3) is 4.83. The van der Waals surface area contributed by atoms with Crippen LogP contribution in [0, 0.1) is 11.6 Å². The van der Waals surface area contributed by atoms with Crippen LogP contribution in [0.5, 0.6) is 0 Å². The van der Waals surface area contributed by atoms with Crippen molar-refractivity contribution in [1.82, 2.24) is 24.6 Å². The molecule has 0 radical (unpaired) electrons. The third-order valence-corrected chi connectivity index (χ3v) is 6.63. The van der Waals surface area contributed by atoms with Crippen LogP contribution in [0.25, 0.3) is 11.1 Å². The summed E-state index contributed by atoms with van der Waals surface area (Å²) in [5.74, 6) is -0.481. The van der Waals surface area contributed by atoms with Crippen molar-refractivity contribution in [2.45, 2.75) is 57.7 Å². The van der Waals surface area contributed by atoms with Crippen LogP contribution >= 0.6 is 0 Å². The van der Waals surface area contributed by atoms with Crippen LogP contribution in [-0.2, 0) is 7.05 Å². The minimum atomic E-state index is -0.509. The zero-order valence-electron chi connectivity index (χ0n) is 19.9. The highest BCUT2D eigenvalue weighted by Crippen LogP contribution is 2.38. The fourth-order valence-corrected chi connectivity index (χ4v) is 4.71. The Bertz CT molecular complexity index is 1140. The Labute approximate surface area is 193 Å². The molecule has 3 heterocycles. The molecule has 0 bridgehead atoms. The minimum Gasteiger partial charge on any atom is -0.365 e. The number of rotatable bonds is 5. The second kappa shape index (κ2) is 8.37. The topological polar surface area (TPSA) is 70.9 Å². The summed E-state index contributed by atoms with van der Waals surface area (Å²) in [6, 6.07) is 4.69. The third-order valence-electron chi connectivity index (χ3n) is 6.63. The number of likely N-dealkylation sites (tertiary alicyclic amines) is 1. The second-order valence-corrected chi connectivity index (χ2v) is 10.0. The van der Waals surface area contributed by atoms with Crippen LogP contribution in [0.3, 0.4) is 0 Å². The molecule has 4 rings (SSSR count). The zero-order valence-corrected chi connectivity index (χ0v) is 19.9. The lowest BCUT2D eigenvalue weighted by molar-refractivity contribution is -0.00778. The predicted molar refractivity (Wildman–Crippen MR) is 126 cm³/mol. The van der Waals surface area contributed by atoms with Crippen molar-refractivity contribution in [1.29, 1.82) is 0 Å². The normalized spacial score (nSPS) is 18.3. The lowest BCUT2D eigenvalue weighted by atomic mass is 9.77. The Hall–Kier alpha value is -3.07. The molecule has 2 N–H and O–H groups in total. The van der Waals surface area contributed by atoms with Gasteiger partial charge in [-0.15, -0.1) is 0 Å². The first-order valence-corrected chi connectivity index (χ1v) is 11.0. The van der Waals surface area contributed by atoms with E-state index in [0.717, 1.165) is 19.0 Å². The number of hydrogen-bond acceptors (Lipinski definition) is 6. The average Bonchev–Trinajstić information content (AvgIpc) is 3.16. The Morgan fingerprint density at radius 1 is 1.00 bits per heavy atom. The summed E-state index contributed by atoms with van der Waals surface area (Å²) in [6.07, 6.45) is 6.19. The molecule has 0 spiro atoms. The number of hydrogen-bond donors (Lipinski definition) is 2. The Kier molecular flexibility index (Phi) is 5.86. The Morgan fingerprint density at radius 3 is 2.33 bits per heavy atom. The SMILES string of the molecule is CN1C(C)(C)CC(Nc2nc(Nc3ccc(F)c(-c4cnn(C)c4)c3)ncc2F)CC1(C)C. The van der Waals surface area contributed by atoms with Gasteiger partial charge in [0.25, 0.3) is 0 Å². The second-order valence-electron chi connectivity index (χ2n) is 10.0. The van der Waals surface area contributed by atoms with Gasteiger partial charge >= 0.3 is 0 Å². The lowest BCUT2D eigenvalue weighted by Gasteiger charge is -2.53. The molecule has 7 nitrogen and oxygen atoms in total. The number of nitrogens with zero attached hydrogens (tertiary/aromatic N) is 5. The van der Waals surface area contributed by atoms with Gasteiger partial charge in [0.1, 0.15) is 5.82 Å². The van der Waals surface area contributed by atoms with Gasteiger partial charge in [-0.05, 0) is 65.8 Å². The standard InChI is InChI=1S/C24H31F2N7/c1-23(2)10-17(11-24(3,4)33(23)6)29-21-20(26)13-27-22(31-21)30-16-7-8-19(25)18(9-16)15-12-28-32(5)14-15/h7-9,12-14,17H,10-11H2,1-6H3,(H2,27,29,30,31). The molecule has 1 saturated heterocycles. The molecule has 2 aromatic heterocycles. The molecule has 1 fully saturated rings. The van der Waals surface area contributed by atoms with Gasteiger partial charge in [-0.2, -0.15) is 10.1 Å². The van der Waals surface area contributed by atoms with Gasteiger partial charge in [-0.3, -0.25) is 9.58 Å². The van der Waals surface area contributed by atoms with E-state index in [1.54, 1.807) is 36.3 Å². The number of benzene rings is 1. The van der Waals surface area contributed by atoms with Crippen molar-refractivity contribution in [3.63, 3.8) is 0 Å². The first kappa shape index (κ1) is 23.1. The van der Waals surface area contributed by atoms with E-state index in [4.69, 9.17) is 0 Å². The monoisotopic (exact) mass is 455 g/mol. The van der Waals surface area contributed by atoms with E-state index in [-0.39, 0.29) is 34.7 Å². The largest absolute Gasteiger partial charge is 0.365 e. The summed E-state index contributed by atoms with van der Waals surface area (Å²) < 4.78 is 30.6. The van der Waals surface area contributed by atoms with Gasteiger partial charge in [-0.25, -0.2) is 13.8 Å². The molecule has 3 aromatic rings. The van der Waals surface area contributed by atoms with Crippen LogP contribution in [0.15, 0.2) is 36.8 Å². The summed E-state index contributed by atoms with van der Waals surface area (Å²) in [6.45, 7) is 8.78. The van der Waals surface area contributed by atoms with E-state index in [0.29, 0.717) is 16.8 Å². The summed E-state index contributed by atoms with van der Waals surface area (Å²) >= 11 is 0. The van der Waals surface area contributed by atoms with Crippen molar-refractivity contribution in [3.8, 4) is 11.1 Å². The molecular weight excluding hydrogens is 424 g/mol. The van der Waals surface area contributed by atoms with Crippen LogP contribution in [0.1, 0.15) is 40.5 Å². The van der Waals surface area contributed by atoms with Gasteiger partial charge in [0.05, 0.1) is 12.4 Å². The quantitative estimate of drug-likeness (QED) is 0.567. The molecule has 1 aliphatic rings. The Balaban J connectivity index is 1.55. The van der Waals surface area contributed by atoms with Gasteiger partial charge in [-0.1, -0.05) is 0 Å². The van der Waals surface area contributed by atoms with Crippen LogP contribution in [0.4, 0.5) is 26.2 Å². The fraction of sp³-hybridized carbons (Fsp3) is 0.458. The molecule has 0 unspecified atom stereocenters. The number of aryl methyl sites for hydroxylation is 1. The van der Waals surface area contributed by atoms with Gasteiger partial charge in [0.2, 0.25) is 5.95 Å². The summed E-state index contributed by atoms with van der Waals surface area (Å²) in [4.78, 5) is 10.8. The molecular formula is C24H31F2N7. The number of nitrogens with one attached hydrogen (secondary N) is 2. The maximum absolute atomic E-state index is 14.6. The number of halogens is 2. The van der Waals surface area contributed by atoms with Crippen molar-refractivity contribution in [3.05, 3.63) is 48.4 Å². The van der Waals surface area contributed by atoms with E-state index in [1.807, 2.05) is 0 Å². The van der Waals surface area contributed by atoms with Crippen LogP contribution in [-0.4, -0.2) is 48.8 Å². The fourth-order valence-electron chi connectivity index (χ4n) is 4.71. The highest BCUT2D eigenvalue weighted by molar-refractivity contribution is 5.69. The molecule has 0 saturated carbocycles.